The first kappa shape index (κ1) is 12.8. The SMILES string of the molecule is C[C@H](NS(=O)(=O)c1cccc2c1OCC2)C(=O)O. The van der Waals surface area contributed by atoms with Crippen molar-refractivity contribution in [1.29, 1.82) is 0 Å². The Bertz CT molecular complexity index is 581. The normalized spacial score (nSPS) is 15.8. The lowest BCUT2D eigenvalue weighted by Gasteiger charge is -2.12. The lowest BCUT2D eigenvalue weighted by atomic mass is 10.2. The first-order valence-corrected chi connectivity index (χ1v) is 6.90. The molecule has 0 fully saturated rings. The molecule has 0 saturated carbocycles. The molecule has 1 atom stereocenters. The van der Waals surface area contributed by atoms with Crippen LogP contribution in [0.2, 0.25) is 0 Å². The molecule has 0 saturated heterocycles. The number of nitrogens with one attached hydrogen (secondary N) is 1. The van der Waals surface area contributed by atoms with Crippen LogP contribution in [0.3, 0.4) is 0 Å². The molecule has 0 bridgehead atoms. The van der Waals surface area contributed by atoms with Gasteiger partial charge in [0.05, 0.1) is 6.61 Å². The van der Waals surface area contributed by atoms with Gasteiger partial charge in [0.1, 0.15) is 16.7 Å². The topological polar surface area (TPSA) is 92.7 Å². The predicted molar refractivity (Wildman–Crippen MR) is 63.1 cm³/mol. The number of ether oxygens (including phenoxy) is 1. The van der Waals surface area contributed by atoms with Gasteiger partial charge in [0, 0.05) is 6.42 Å². The van der Waals surface area contributed by atoms with E-state index in [1.807, 2.05) is 0 Å². The molecule has 2 N–H and O–H groups in total. The number of hydrogen-bond acceptors (Lipinski definition) is 4. The molecular formula is C11H13NO5S. The van der Waals surface area contributed by atoms with E-state index in [0.29, 0.717) is 18.8 Å². The van der Waals surface area contributed by atoms with Crippen LogP contribution >= 0.6 is 0 Å². The van der Waals surface area contributed by atoms with Crippen LogP contribution in [0.1, 0.15) is 12.5 Å². The Kier molecular flexibility index (Phi) is 3.27. The van der Waals surface area contributed by atoms with Gasteiger partial charge in [-0.2, -0.15) is 4.72 Å². The fourth-order valence-electron chi connectivity index (χ4n) is 1.74. The maximum atomic E-state index is 12.1. The van der Waals surface area contributed by atoms with Crippen molar-refractivity contribution in [1.82, 2.24) is 4.72 Å². The second-order valence-corrected chi connectivity index (χ2v) is 5.71. The van der Waals surface area contributed by atoms with E-state index in [1.165, 1.54) is 13.0 Å². The van der Waals surface area contributed by atoms with E-state index in [0.717, 1.165) is 5.56 Å². The van der Waals surface area contributed by atoms with Crippen molar-refractivity contribution in [3.8, 4) is 5.75 Å². The maximum absolute atomic E-state index is 12.1. The van der Waals surface area contributed by atoms with Crippen molar-refractivity contribution in [2.24, 2.45) is 0 Å². The minimum atomic E-state index is -3.89. The molecule has 7 heteroatoms. The van der Waals surface area contributed by atoms with E-state index < -0.39 is 22.0 Å². The maximum Gasteiger partial charge on any atom is 0.321 e. The molecule has 2 rings (SSSR count). The fourth-order valence-corrected chi connectivity index (χ4v) is 3.13. The third-order valence-corrected chi connectivity index (χ3v) is 4.23. The molecule has 18 heavy (non-hydrogen) atoms. The highest BCUT2D eigenvalue weighted by Gasteiger charge is 2.27. The monoisotopic (exact) mass is 271 g/mol. The molecule has 0 radical (unpaired) electrons. The highest BCUT2D eigenvalue weighted by molar-refractivity contribution is 7.89. The van der Waals surface area contributed by atoms with Crippen LogP contribution in [0.4, 0.5) is 0 Å². The first-order chi connectivity index (χ1) is 8.42. The van der Waals surface area contributed by atoms with Crippen LogP contribution in [-0.2, 0) is 21.2 Å². The summed E-state index contributed by atoms with van der Waals surface area (Å²) in [7, 11) is -3.89. The van der Waals surface area contributed by atoms with Gasteiger partial charge in [0.25, 0.3) is 0 Å². The van der Waals surface area contributed by atoms with E-state index in [1.54, 1.807) is 12.1 Å². The standard InChI is InChI=1S/C11H13NO5S/c1-7(11(13)14)12-18(15,16)9-4-2-3-8-5-6-17-10(8)9/h2-4,7,12H,5-6H2,1H3,(H,13,14)/t7-/m0/s1. The summed E-state index contributed by atoms with van der Waals surface area (Å²) >= 11 is 0. The van der Waals surface area contributed by atoms with Crippen molar-refractivity contribution < 1.29 is 23.1 Å². The average molecular weight is 271 g/mol. The molecule has 0 aromatic heterocycles. The van der Waals surface area contributed by atoms with Crippen LogP contribution in [0.15, 0.2) is 23.1 Å². The van der Waals surface area contributed by atoms with Crippen molar-refractivity contribution in [2.45, 2.75) is 24.3 Å². The van der Waals surface area contributed by atoms with Gasteiger partial charge in [0.2, 0.25) is 10.0 Å². The Balaban J connectivity index is 2.37. The average Bonchev–Trinajstić information content (AvgIpc) is 2.75. The van der Waals surface area contributed by atoms with Gasteiger partial charge in [-0.3, -0.25) is 4.79 Å². The van der Waals surface area contributed by atoms with Crippen LogP contribution in [0.25, 0.3) is 0 Å². The molecule has 0 spiro atoms. The highest BCUT2D eigenvalue weighted by atomic mass is 32.2. The molecule has 1 aliphatic rings. The number of carboxylic acids is 1. The first-order valence-electron chi connectivity index (χ1n) is 5.41. The van der Waals surface area contributed by atoms with Crippen LogP contribution in [0, 0.1) is 0 Å². The lowest BCUT2D eigenvalue weighted by Crippen LogP contribution is -2.38. The Morgan fingerprint density at radius 3 is 2.89 bits per heavy atom. The molecule has 98 valence electrons. The van der Waals surface area contributed by atoms with Gasteiger partial charge in [-0.25, -0.2) is 8.42 Å². The van der Waals surface area contributed by atoms with Gasteiger partial charge in [0.15, 0.2) is 0 Å². The fraction of sp³-hybridized carbons (Fsp3) is 0.364. The molecule has 1 heterocycles. The van der Waals surface area contributed by atoms with Crippen LogP contribution in [0.5, 0.6) is 5.75 Å². The Hall–Kier alpha value is -1.60. The minimum Gasteiger partial charge on any atom is -0.492 e. The number of aliphatic carboxylic acids is 1. The molecule has 1 aliphatic heterocycles. The Labute approximate surface area is 105 Å². The van der Waals surface area contributed by atoms with E-state index in [9.17, 15) is 13.2 Å². The number of carbonyl (C=O) groups is 1. The largest absolute Gasteiger partial charge is 0.492 e. The lowest BCUT2D eigenvalue weighted by molar-refractivity contribution is -0.138. The number of sulfonamides is 1. The zero-order chi connectivity index (χ0) is 13.3. The van der Waals surface area contributed by atoms with Crippen LogP contribution < -0.4 is 9.46 Å². The third-order valence-electron chi connectivity index (χ3n) is 2.67. The molecule has 6 nitrogen and oxygen atoms in total. The molecule has 0 unspecified atom stereocenters. The van der Waals surface area contributed by atoms with E-state index in [2.05, 4.69) is 4.72 Å². The molecule has 1 aromatic rings. The number of benzene rings is 1. The summed E-state index contributed by atoms with van der Waals surface area (Å²) in [5, 5.41) is 8.73. The summed E-state index contributed by atoms with van der Waals surface area (Å²) < 4.78 is 31.5. The highest BCUT2D eigenvalue weighted by Crippen LogP contribution is 2.32. The minimum absolute atomic E-state index is 0.00870. The summed E-state index contributed by atoms with van der Waals surface area (Å²) in [6.45, 7) is 1.71. The summed E-state index contributed by atoms with van der Waals surface area (Å²) in [4.78, 5) is 10.7. The molecule has 0 aliphatic carbocycles. The second kappa shape index (κ2) is 4.58. The van der Waals surface area contributed by atoms with Crippen molar-refractivity contribution in [3.63, 3.8) is 0 Å². The van der Waals surface area contributed by atoms with Crippen molar-refractivity contribution in [3.05, 3.63) is 23.8 Å². The Morgan fingerprint density at radius 2 is 2.22 bits per heavy atom. The van der Waals surface area contributed by atoms with Gasteiger partial charge in [-0.05, 0) is 18.6 Å². The number of fused-ring (bicyclic) bond motifs is 1. The van der Waals surface area contributed by atoms with E-state index in [-0.39, 0.29) is 4.90 Å². The number of hydrogen-bond donors (Lipinski definition) is 2. The number of para-hydroxylation sites is 1. The number of carboxylic acid groups (broad SMARTS) is 1. The zero-order valence-electron chi connectivity index (χ0n) is 9.71. The number of rotatable bonds is 4. The summed E-state index contributed by atoms with van der Waals surface area (Å²) in [5.74, 6) is -0.908. The van der Waals surface area contributed by atoms with E-state index >= 15 is 0 Å². The predicted octanol–water partition coefficient (Wildman–Crippen LogP) is 0.373. The smallest absolute Gasteiger partial charge is 0.321 e. The van der Waals surface area contributed by atoms with Gasteiger partial charge >= 0.3 is 5.97 Å². The van der Waals surface area contributed by atoms with Gasteiger partial charge in [-0.1, -0.05) is 12.1 Å². The zero-order valence-corrected chi connectivity index (χ0v) is 10.5. The molecule has 1 aromatic carbocycles. The van der Waals surface area contributed by atoms with Gasteiger partial charge < -0.3 is 9.84 Å². The van der Waals surface area contributed by atoms with E-state index in [4.69, 9.17) is 9.84 Å². The summed E-state index contributed by atoms with van der Waals surface area (Å²) in [6.07, 6.45) is 0.660. The van der Waals surface area contributed by atoms with Crippen LogP contribution in [-0.4, -0.2) is 32.1 Å². The van der Waals surface area contributed by atoms with Crippen molar-refractivity contribution >= 4 is 16.0 Å². The summed E-state index contributed by atoms with van der Waals surface area (Å²) in [5.41, 5.74) is 0.820. The molecular weight excluding hydrogens is 258 g/mol. The molecule has 0 amide bonds. The van der Waals surface area contributed by atoms with Crippen molar-refractivity contribution in [2.75, 3.05) is 6.61 Å². The Morgan fingerprint density at radius 1 is 1.50 bits per heavy atom. The summed E-state index contributed by atoms with van der Waals surface area (Å²) in [6, 6.07) is 3.63. The quantitative estimate of drug-likeness (QED) is 0.825. The third kappa shape index (κ3) is 2.32. The second-order valence-electron chi connectivity index (χ2n) is 4.02. The van der Waals surface area contributed by atoms with Gasteiger partial charge in [-0.15, -0.1) is 0 Å².